The Balaban J connectivity index is 2.40. The van der Waals surface area contributed by atoms with Gasteiger partial charge in [0.15, 0.2) is 0 Å². The van der Waals surface area contributed by atoms with Crippen molar-refractivity contribution in [1.29, 1.82) is 0 Å². The summed E-state index contributed by atoms with van der Waals surface area (Å²) < 4.78 is 12.7. The number of carboxylic acid groups (broad SMARTS) is 2. The molecule has 2 N–H and O–H groups in total. The zero-order valence-corrected chi connectivity index (χ0v) is 8.18. The third-order valence-corrected chi connectivity index (χ3v) is 3.00. The molecule has 1 aromatic rings. The number of benzene rings is 1. The third kappa shape index (κ3) is 1.36. The Morgan fingerprint density at radius 2 is 1.81 bits per heavy atom. The van der Waals surface area contributed by atoms with Crippen LogP contribution in [-0.2, 0) is 15.0 Å². The van der Waals surface area contributed by atoms with E-state index in [1.165, 1.54) is 12.1 Å². The molecule has 0 aliphatic heterocycles. The van der Waals surface area contributed by atoms with Gasteiger partial charge in [0.1, 0.15) is 11.2 Å². The fraction of sp³-hybridized carbons (Fsp3) is 0.273. The van der Waals surface area contributed by atoms with E-state index in [-0.39, 0.29) is 6.42 Å². The maximum Gasteiger partial charge on any atom is 0.315 e. The Labute approximate surface area is 90.3 Å². The standard InChI is InChI=1S/C11H9FO4/c12-7-3-1-6(2-4-7)11(10(15)16)5-8(11)9(13)14/h1-4,8H,5H2,(H,13,14)(H,15,16). The first-order valence-corrected chi connectivity index (χ1v) is 4.70. The Kier molecular flexibility index (Phi) is 2.18. The van der Waals surface area contributed by atoms with Crippen molar-refractivity contribution in [2.75, 3.05) is 0 Å². The first-order chi connectivity index (χ1) is 7.48. The Hall–Kier alpha value is -1.91. The summed E-state index contributed by atoms with van der Waals surface area (Å²) >= 11 is 0. The molecule has 0 radical (unpaired) electrons. The normalized spacial score (nSPS) is 27.4. The number of rotatable bonds is 3. The molecule has 1 aliphatic carbocycles. The van der Waals surface area contributed by atoms with E-state index < -0.39 is 29.1 Å². The van der Waals surface area contributed by atoms with E-state index in [0.717, 1.165) is 12.1 Å². The molecule has 16 heavy (non-hydrogen) atoms. The van der Waals surface area contributed by atoms with Crippen molar-refractivity contribution in [1.82, 2.24) is 0 Å². The van der Waals surface area contributed by atoms with E-state index in [4.69, 9.17) is 10.2 Å². The van der Waals surface area contributed by atoms with Crippen LogP contribution in [0.25, 0.3) is 0 Å². The van der Waals surface area contributed by atoms with E-state index >= 15 is 0 Å². The van der Waals surface area contributed by atoms with Gasteiger partial charge in [0.25, 0.3) is 0 Å². The largest absolute Gasteiger partial charge is 0.481 e. The fourth-order valence-corrected chi connectivity index (χ4v) is 1.99. The summed E-state index contributed by atoms with van der Waals surface area (Å²) in [6.07, 6.45) is 0.0588. The maximum atomic E-state index is 12.7. The zero-order valence-electron chi connectivity index (χ0n) is 8.18. The summed E-state index contributed by atoms with van der Waals surface area (Å²) in [6.45, 7) is 0. The van der Waals surface area contributed by atoms with Crippen molar-refractivity contribution >= 4 is 11.9 Å². The van der Waals surface area contributed by atoms with Gasteiger partial charge >= 0.3 is 11.9 Å². The van der Waals surface area contributed by atoms with Crippen LogP contribution in [0.2, 0.25) is 0 Å². The summed E-state index contributed by atoms with van der Waals surface area (Å²) in [5.74, 6) is -3.70. The van der Waals surface area contributed by atoms with Gasteiger partial charge in [-0.2, -0.15) is 0 Å². The molecule has 0 saturated heterocycles. The Morgan fingerprint density at radius 3 is 2.19 bits per heavy atom. The van der Waals surface area contributed by atoms with Crippen LogP contribution in [0.15, 0.2) is 24.3 Å². The molecule has 0 aromatic heterocycles. The minimum Gasteiger partial charge on any atom is -0.481 e. The first kappa shape index (κ1) is 10.6. The minimum atomic E-state index is -1.38. The van der Waals surface area contributed by atoms with Gasteiger partial charge in [-0.05, 0) is 24.1 Å². The molecule has 1 aliphatic rings. The van der Waals surface area contributed by atoms with E-state index in [0.29, 0.717) is 5.56 Å². The van der Waals surface area contributed by atoms with Crippen LogP contribution < -0.4 is 0 Å². The van der Waals surface area contributed by atoms with E-state index in [2.05, 4.69) is 0 Å². The number of hydrogen-bond donors (Lipinski definition) is 2. The van der Waals surface area contributed by atoms with Gasteiger partial charge in [-0.1, -0.05) is 12.1 Å². The number of halogens is 1. The van der Waals surface area contributed by atoms with Gasteiger partial charge in [-0.15, -0.1) is 0 Å². The molecule has 2 atom stereocenters. The van der Waals surface area contributed by atoms with Crippen LogP contribution in [0, 0.1) is 11.7 Å². The SMILES string of the molecule is O=C(O)C1CC1(C(=O)O)c1ccc(F)cc1. The molecule has 1 fully saturated rings. The summed E-state index contributed by atoms with van der Waals surface area (Å²) in [4.78, 5) is 21.9. The lowest BCUT2D eigenvalue weighted by Crippen LogP contribution is -2.25. The second-order valence-electron chi connectivity index (χ2n) is 3.88. The van der Waals surface area contributed by atoms with Crippen LogP contribution in [0.4, 0.5) is 4.39 Å². The van der Waals surface area contributed by atoms with Gasteiger partial charge in [-0.3, -0.25) is 9.59 Å². The summed E-state index contributed by atoms with van der Waals surface area (Å²) in [5.41, 5.74) is -1.03. The number of carboxylic acids is 2. The molecule has 84 valence electrons. The molecule has 0 bridgehead atoms. The lowest BCUT2D eigenvalue weighted by Gasteiger charge is -2.11. The summed E-state index contributed by atoms with van der Waals surface area (Å²) in [7, 11) is 0. The summed E-state index contributed by atoms with van der Waals surface area (Å²) in [6, 6.07) is 4.92. The topological polar surface area (TPSA) is 74.6 Å². The molecule has 2 rings (SSSR count). The second kappa shape index (κ2) is 3.30. The highest BCUT2D eigenvalue weighted by molar-refractivity contribution is 5.94. The van der Waals surface area contributed by atoms with Gasteiger partial charge in [0.2, 0.25) is 0 Å². The number of hydrogen-bond acceptors (Lipinski definition) is 2. The molecular formula is C11H9FO4. The van der Waals surface area contributed by atoms with Crippen LogP contribution >= 0.6 is 0 Å². The Bertz CT molecular complexity index is 454. The maximum absolute atomic E-state index is 12.7. The van der Waals surface area contributed by atoms with Crippen LogP contribution in [0.5, 0.6) is 0 Å². The number of aliphatic carboxylic acids is 2. The number of carbonyl (C=O) groups is 2. The molecule has 1 saturated carbocycles. The average molecular weight is 224 g/mol. The predicted molar refractivity (Wildman–Crippen MR) is 51.5 cm³/mol. The highest BCUT2D eigenvalue weighted by atomic mass is 19.1. The minimum absolute atomic E-state index is 0.0588. The molecule has 0 heterocycles. The van der Waals surface area contributed by atoms with Crippen molar-refractivity contribution in [2.24, 2.45) is 5.92 Å². The molecule has 4 nitrogen and oxygen atoms in total. The van der Waals surface area contributed by atoms with Gasteiger partial charge in [0.05, 0.1) is 5.92 Å². The zero-order chi connectivity index (χ0) is 11.9. The van der Waals surface area contributed by atoms with E-state index in [1.807, 2.05) is 0 Å². The van der Waals surface area contributed by atoms with Crippen molar-refractivity contribution in [2.45, 2.75) is 11.8 Å². The lowest BCUT2D eigenvalue weighted by atomic mass is 9.93. The average Bonchev–Trinajstić information content (AvgIpc) is 2.95. The molecular weight excluding hydrogens is 215 g/mol. The third-order valence-electron chi connectivity index (χ3n) is 3.00. The molecule has 2 unspecified atom stereocenters. The quantitative estimate of drug-likeness (QED) is 0.810. The molecule has 0 spiro atoms. The Morgan fingerprint density at radius 1 is 1.25 bits per heavy atom. The molecule has 5 heteroatoms. The predicted octanol–water partition coefficient (Wildman–Crippen LogP) is 1.25. The smallest absolute Gasteiger partial charge is 0.315 e. The lowest BCUT2D eigenvalue weighted by molar-refractivity contribution is -0.145. The van der Waals surface area contributed by atoms with Gasteiger partial charge < -0.3 is 10.2 Å². The first-order valence-electron chi connectivity index (χ1n) is 4.70. The summed E-state index contributed by atoms with van der Waals surface area (Å²) in [5, 5.41) is 17.9. The monoisotopic (exact) mass is 224 g/mol. The van der Waals surface area contributed by atoms with E-state index in [1.54, 1.807) is 0 Å². The van der Waals surface area contributed by atoms with Crippen LogP contribution in [0.1, 0.15) is 12.0 Å². The van der Waals surface area contributed by atoms with Crippen molar-refractivity contribution in [3.05, 3.63) is 35.6 Å². The molecule has 0 amide bonds. The van der Waals surface area contributed by atoms with Gasteiger partial charge in [-0.25, -0.2) is 4.39 Å². The highest BCUT2D eigenvalue weighted by Crippen LogP contribution is 2.54. The van der Waals surface area contributed by atoms with Crippen LogP contribution in [-0.4, -0.2) is 22.2 Å². The van der Waals surface area contributed by atoms with Crippen LogP contribution in [0.3, 0.4) is 0 Å². The van der Waals surface area contributed by atoms with Crippen molar-refractivity contribution in [3.63, 3.8) is 0 Å². The molecule has 1 aromatic carbocycles. The fourth-order valence-electron chi connectivity index (χ4n) is 1.99. The van der Waals surface area contributed by atoms with Crippen molar-refractivity contribution < 1.29 is 24.2 Å². The highest BCUT2D eigenvalue weighted by Gasteiger charge is 2.65. The van der Waals surface area contributed by atoms with Gasteiger partial charge in [0, 0.05) is 0 Å². The van der Waals surface area contributed by atoms with Crippen molar-refractivity contribution in [3.8, 4) is 0 Å². The van der Waals surface area contributed by atoms with E-state index in [9.17, 15) is 14.0 Å². The second-order valence-corrected chi connectivity index (χ2v) is 3.88.